The van der Waals surface area contributed by atoms with Gasteiger partial charge in [-0.1, -0.05) is 0 Å². The van der Waals surface area contributed by atoms with Crippen molar-refractivity contribution >= 4 is 25.5 Å². The largest absolute Gasteiger partial charge is 0.477 e. The summed E-state index contributed by atoms with van der Waals surface area (Å²) in [5, 5.41) is 73.2. The Balaban J connectivity index is 1.61. The molecule has 21 heteroatoms. The van der Waals surface area contributed by atoms with Gasteiger partial charge in [-0.3, -0.25) is 18.4 Å². The molecule has 1 unspecified atom stereocenters. The number of carboxylic acid groups (broad SMARTS) is 1. The minimum Gasteiger partial charge on any atom is -0.477 e. The fraction of sp³-hybridized carbons (Fsp3) is 0.700. The van der Waals surface area contributed by atoms with Crippen LogP contribution in [0.2, 0.25) is 0 Å². The number of nitrogen functional groups attached to an aromatic ring is 1. The van der Waals surface area contributed by atoms with E-state index in [0.717, 1.165) is 17.7 Å². The topological polar surface area (TPSA) is 323 Å². The van der Waals surface area contributed by atoms with E-state index in [1.54, 1.807) is 0 Å². The minimum absolute atomic E-state index is 0.112. The van der Waals surface area contributed by atoms with Crippen LogP contribution in [0.25, 0.3) is 0 Å². The van der Waals surface area contributed by atoms with E-state index in [-0.39, 0.29) is 5.82 Å². The fourth-order valence-corrected chi connectivity index (χ4v) is 4.97. The lowest BCUT2D eigenvalue weighted by Gasteiger charge is -2.44. The number of hydrogen-bond donors (Lipinski definition) is 10. The molecule has 1 aromatic rings. The van der Waals surface area contributed by atoms with Gasteiger partial charge in [-0.2, -0.15) is 4.98 Å². The van der Waals surface area contributed by atoms with Gasteiger partial charge in [0.25, 0.3) is 5.79 Å². The van der Waals surface area contributed by atoms with E-state index >= 15 is 0 Å². The second-order valence-corrected chi connectivity index (χ2v) is 10.8. The number of carbonyl (C=O) groups is 2. The molecular weight excluding hydrogens is 583 g/mol. The molecule has 2 saturated heterocycles. The zero-order chi connectivity index (χ0) is 30.9. The summed E-state index contributed by atoms with van der Waals surface area (Å²) >= 11 is 0. The molecule has 1 amide bonds. The van der Waals surface area contributed by atoms with Gasteiger partial charge < -0.3 is 61.2 Å². The molecule has 11 N–H and O–H groups in total. The van der Waals surface area contributed by atoms with Gasteiger partial charge in [0.1, 0.15) is 42.4 Å². The van der Waals surface area contributed by atoms with Gasteiger partial charge in [0.15, 0.2) is 6.23 Å². The molecule has 0 aromatic carbocycles. The number of carbonyl (C=O) groups excluding carboxylic acids is 1. The molecule has 3 heterocycles. The maximum Gasteiger partial charge on any atom is 0.472 e. The number of nitrogens with one attached hydrogen (secondary N) is 1. The summed E-state index contributed by atoms with van der Waals surface area (Å²) in [5.41, 5.74) is 4.49. The first kappa shape index (κ1) is 32.9. The van der Waals surface area contributed by atoms with Gasteiger partial charge in [0.05, 0.1) is 25.4 Å². The summed E-state index contributed by atoms with van der Waals surface area (Å²) < 4.78 is 32.9. The maximum absolute atomic E-state index is 12.4. The third-order valence-corrected chi connectivity index (χ3v) is 7.24. The third-order valence-electron chi connectivity index (χ3n) is 6.29. The van der Waals surface area contributed by atoms with Crippen LogP contribution < -0.4 is 16.7 Å². The van der Waals surface area contributed by atoms with E-state index in [9.17, 15) is 59.6 Å². The number of aliphatic hydroxyl groups is 6. The second kappa shape index (κ2) is 12.7. The van der Waals surface area contributed by atoms with Crippen LogP contribution in [0.15, 0.2) is 17.1 Å². The SMILES string of the molecule is CC(=O)N[C@H]1[C@H]([C@H](O)[C@H](O)COP(=O)(O)OC[C@H]2O[C@@H](n3ccc(N)nc3=O)[C@H](O)[C@@H]2O)O[C@@](O)(C(=O)O)C[C@@H]1O. The molecule has 41 heavy (non-hydrogen) atoms. The lowest BCUT2D eigenvalue weighted by Crippen LogP contribution is -2.67. The number of aliphatic carboxylic acids is 1. The zero-order valence-electron chi connectivity index (χ0n) is 21.2. The normalized spacial score (nSPS) is 34.9. The predicted molar refractivity (Wildman–Crippen MR) is 128 cm³/mol. The highest BCUT2D eigenvalue weighted by Gasteiger charge is 2.54. The Morgan fingerprint density at radius 3 is 2.54 bits per heavy atom. The first-order chi connectivity index (χ1) is 19.0. The van der Waals surface area contributed by atoms with Gasteiger partial charge in [-0.15, -0.1) is 0 Å². The first-order valence-corrected chi connectivity index (χ1v) is 13.4. The number of ether oxygens (including phenoxy) is 2. The molecule has 0 spiro atoms. The van der Waals surface area contributed by atoms with Crippen molar-refractivity contribution in [3.8, 4) is 0 Å². The van der Waals surface area contributed by atoms with Crippen molar-refractivity contribution < 1.29 is 73.3 Å². The summed E-state index contributed by atoms with van der Waals surface area (Å²) in [6.45, 7) is -0.994. The maximum atomic E-state index is 12.4. The molecule has 232 valence electrons. The summed E-state index contributed by atoms with van der Waals surface area (Å²) in [6.07, 6.45) is -14.1. The molecule has 0 aliphatic carbocycles. The first-order valence-electron chi connectivity index (χ1n) is 11.9. The lowest BCUT2D eigenvalue weighted by molar-refractivity contribution is -0.295. The van der Waals surface area contributed by atoms with Crippen molar-refractivity contribution in [2.24, 2.45) is 0 Å². The molecule has 2 fully saturated rings. The predicted octanol–water partition coefficient (Wildman–Crippen LogP) is -5.27. The zero-order valence-corrected chi connectivity index (χ0v) is 22.1. The Kier molecular flexibility index (Phi) is 10.2. The van der Waals surface area contributed by atoms with E-state index in [4.69, 9.17) is 19.7 Å². The number of aliphatic hydroxyl groups excluding tert-OH is 5. The van der Waals surface area contributed by atoms with Crippen LogP contribution in [0.5, 0.6) is 0 Å². The van der Waals surface area contributed by atoms with Crippen LogP contribution in [-0.4, -0.2) is 130 Å². The summed E-state index contributed by atoms with van der Waals surface area (Å²) in [6, 6.07) is -0.291. The molecule has 0 bridgehead atoms. The van der Waals surface area contributed by atoms with Gasteiger partial charge in [-0.05, 0) is 6.07 Å². The number of rotatable bonds is 11. The van der Waals surface area contributed by atoms with Crippen molar-refractivity contribution in [1.82, 2.24) is 14.9 Å². The molecule has 3 rings (SSSR count). The molecule has 1 aromatic heterocycles. The van der Waals surface area contributed by atoms with Crippen molar-refractivity contribution in [1.29, 1.82) is 0 Å². The third kappa shape index (κ3) is 7.63. The van der Waals surface area contributed by atoms with Crippen LogP contribution in [0, 0.1) is 0 Å². The average Bonchev–Trinajstić information content (AvgIpc) is 3.15. The average molecular weight is 614 g/mol. The van der Waals surface area contributed by atoms with Crippen LogP contribution in [0.4, 0.5) is 5.82 Å². The number of nitrogens with zero attached hydrogens (tertiary/aromatic N) is 2. The smallest absolute Gasteiger partial charge is 0.472 e. The Hall–Kier alpha value is -2.59. The quantitative estimate of drug-likeness (QED) is 0.104. The Labute approximate surface area is 230 Å². The van der Waals surface area contributed by atoms with Gasteiger partial charge >= 0.3 is 19.5 Å². The van der Waals surface area contributed by atoms with Crippen LogP contribution in [0.1, 0.15) is 19.6 Å². The number of anilines is 1. The van der Waals surface area contributed by atoms with Crippen molar-refractivity contribution in [3.63, 3.8) is 0 Å². The lowest BCUT2D eigenvalue weighted by atomic mass is 9.88. The van der Waals surface area contributed by atoms with E-state index in [2.05, 4.69) is 14.8 Å². The highest BCUT2D eigenvalue weighted by molar-refractivity contribution is 7.47. The monoisotopic (exact) mass is 614 g/mol. The van der Waals surface area contributed by atoms with Crippen molar-refractivity contribution in [3.05, 3.63) is 22.7 Å². The fourth-order valence-electron chi connectivity index (χ4n) is 4.22. The van der Waals surface area contributed by atoms with E-state index < -0.39 is 106 Å². The number of nitrogens with two attached hydrogens (primary N) is 1. The molecular formula is C20H31N4O16P. The standard InChI is InChI=1S/C20H31N4O16P/c1-7(25)22-12-8(26)4-20(34,18(31)32)40-16(12)13(28)9(27)5-37-41(35,36)38-6-10-14(29)15(30)17(39-10)24-3-2-11(21)23-19(24)33/h2-3,8-10,12-17,26-30,34H,4-6H2,1H3,(H,22,25)(H,31,32)(H,35,36)(H2,21,23,33)/t8-,9+,10+,12+,13+,14+,15+,16+,17+,20+/m0/s1. The van der Waals surface area contributed by atoms with E-state index in [1.807, 2.05) is 0 Å². The molecule has 2 aliphatic heterocycles. The second-order valence-electron chi connectivity index (χ2n) is 9.38. The Bertz CT molecular complexity index is 1220. The van der Waals surface area contributed by atoms with E-state index in [0.29, 0.717) is 0 Å². The minimum atomic E-state index is -5.07. The van der Waals surface area contributed by atoms with Crippen molar-refractivity contribution in [2.75, 3.05) is 18.9 Å². The van der Waals surface area contributed by atoms with Gasteiger partial charge in [0, 0.05) is 19.5 Å². The van der Waals surface area contributed by atoms with Crippen molar-refractivity contribution in [2.45, 2.75) is 74.1 Å². The molecule has 20 nitrogen and oxygen atoms in total. The van der Waals surface area contributed by atoms with Crippen LogP contribution >= 0.6 is 7.82 Å². The number of phosphoric acid groups is 1. The van der Waals surface area contributed by atoms with Gasteiger partial charge in [0.2, 0.25) is 5.91 Å². The van der Waals surface area contributed by atoms with Gasteiger partial charge in [-0.25, -0.2) is 14.2 Å². The summed E-state index contributed by atoms with van der Waals surface area (Å²) in [5.74, 6) is -5.79. The summed E-state index contributed by atoms with van der Waals surface area (Å²) in [7, 11) is -5.07. The molecule has 11 atom stereocenters. The molecule has 2 aliphatic rings. The molecule has 0 saturated carbocycles. The van der Waals surface area contributed by atoms with E-state index in [1.165, 1.54) is 6.07 Å². The molecule has 0 radical (unpaired) electrons. The Morgan fingerprint density at radius 1 is 1.29 bits per heavy atom. The number of amides is 1. The van der Waals surface area contributed by atoms with Crippen LogP contribution in [0.3, 0.4) is 0 Å². The summed E-state index contributed by atoms with van der Waals surface area (Å²) in [4.78, 5) is 48.4. The highest BCUT2D eigenvalue weighted by Crippen LogP contribution is 2.44. The van der Waals surface area contributed by atoms with Crippen LogP contribution in [-0.2, 0) is 32.7 Å². The Morgan fingerprint density at radius 2 is 1.95 bits per heavy atom. The number of carboxylic acids is 1. The number of hydrogen-bond acceptors (Lipinski definition) is 16. The highest BCUT2D eigenvalue weighted by atomic mass is 31.2. The number of phosphoric ester groups is 1. The number of aromatic nitrogens is 2.